The Morgan fingerprint density at radius 3 is 2.88 bits per heavy atom. The van der Waals surface area contributed by atoms with Crippen LogP contribution in [0.25, 0.3) is 11.0 Å². The topological polar surface area (TPSA) is 67.6 Å². The second kappa shape index (κ2) is 8.89. The third kappa shape index (κ3) is 4.61. The lowest BCUT2D eigenvalue weighted by molar-refractivity contribution is -0.137. The fourth-order valence-electron chi connectivity index (χ4n) is 2.73. The first-order valence-corrected chi connectivity index (χ1v) is 8.57. The van der Waals surface area contributed by atoms with Gasteiger partial charge in [-0.2, -0.15) is 0 Å². The predicted molar refractivity (Wildman–Crippen MR) is 96.1 cm³/mol. The van der Waals surface area contributed by atoms with Gasteiger partial charge in [0, 0.05) is 51.7 Å². The molecule has 0 radical (unpaired) electrons. The highest BCUT2D eigenvalue weighted by molar-refractivity contribution is 6.18. The summed E-state index contributed by atoms with van der Waals surface area (Å²) in [5.41, 5.74) is 3.02. The number of fused-ring (bicyclic) bond motifs is 1. The average molecular weight is 354 g/mol. The lowest BCUT2D eigenvalue weighted by Gasteiger charge is -2.23. The summed E-state index contributed by atoms with van der Waals surface area (Å²) in [6, 6.07) is 6.16. The van der Waals surface area contributed by atoms with Crippen LogP contribution in [-0.2, 0) is 23.0 Å². The van der Waals surface area contributed by atoms with Crippen molar-refractivity contribution in [2.45, 2.75) is 19.3 Å². The van der Waals surface area contributed by atoms with Gasteiger partial charge in [0.05, 0.1) is 17.6 Å². The van der Waals surface area contributed by atoms with Gasteiger partial charge in [0.15, 0.2) is 0 Å². The SMILES string of the molecule is COCCN(CCCl)c1ccc2c(c1)nc(CCCC(=O)O)n2C. The number of aromatic nitrogens is 2. The number of anilines is 1. The van der Waals surface area contributed by atoms with E-state index in [2.05, 4.69) is 22.0 Å². The zero-order valence-electron chi connectivity index (χ0n) is 14.2. The third-order valence-corrected chi connectivity index (χ3v) is 4.20. The Balaban J connectivity index is 2.21. The highest BCUT2D eigenvalue weighted by Gasteiger charge is 2.12. The lowest BCUT2D eigenvalue weighted by Crippen LogP contribution is -2.29. The number of methoxy groups -OCH3 is 1. The molecule has 1 aromatic heterocycles. The number of benzene rings is 1. The highest BCUT2D eigenvalue weighted by atomic mass is 35.5. The summed E-state index contributed by atoms with van der Waals surface area (Å²) in [6.45, 7) is 2.15. The number of alkyl halides is 1. The maximum absolute atomic E-state index is 10.7. The minimum Gasteiger partial charge on any atom is -0.481 e. The van der Waals surface area contributed by atoms with Crippen LogP contribution in [0, 0.1) is 0 Å². The Kier molecular flexibility index (Phi) is 6.87. The largest absolute Gasteiger partial charge is 0.481 e. The van der Waals surface area contributed by atoms with E-state index in [0.29, 0.717) is 25.3 Å². The number of hydrogen-bond acceptors (Lipinski definition) is 4. The van der Waals surface area contributed by atoms with E-state index in [1.165, 1.54) is 0 Å². The Morgan fingerprint density at radius 2 is 2.21 bits per heavy atom. The van der Waals surface area contributed by atoms with E-state index in [0.717, 1.165) is 35.6 Å². The van der Waals surface area contributed by atoms with Crippen LogP contribution in [0.2, 0.25) is 0 Å². The quantitative estimate of drug-likeness (QED) is 0.665. The van der Waals surface area contributed by atoms with Crippen molar-refractivity contribution in [3.05, 3.63) is 24.0 Å². The maximum Gasteiger partial charge on any atom is 0.303 e. The van der Waals surface area contributed by atoms with Gasteiger partial charge in [0.1, 0.15) is 5.82 Å². The molecule has 0 aliphatic carbocycles. The molecule has 0 saturated carbocycles. The van der Waals surface area contributed by atoms with Crippen LogP contribution >= 0.6 is 11.6 Å². The molecule has 7 heteroatoms. The minimum atomic E-state index is -0.772. The number of carboxylic acid groups (broad SMARTS) is 1. The van der Waals surface area contributed by atoms with Crippen molar-refractivity contribution in [2.75, 3.05) is 37.6 Å². The van der Waals surface area contributed by atoms with E-state index in [4.69, 9.17) is 21.4 Å². The molecule has 0 unspecified atom stereocenters. The first-order chi connectivity index (χ1) is 11.6. The molecular formula is C17H24ClN3O3. The molecule has 6 nitrogen and oxygen atoms in total. The molecule has 0 aliphatic heterocycles. The van der Waals surface area contributed by atoms with E-state index < -0.39 is 5.97 Å². The van der Waals surface area contributed by atoms with Crippen molar-refractivity contribution in [1.82, 2.24) is 9.55 Å². The van der Waals surface area contributed by atoms with Gasteiger partial charge < -0.3 is 19.3 Å². The second-order valence-corrected chi connectivity index (χ2v) is 6.05. The zero-order chi connectivity index (χ0) is 17.5. The molecule has 0 bridgehead atoms. The molecule has 0 saturated heterocycles. The van der Waals surface area contributed by atoms with E-state index in [1.54, 1.807) is 7.11 Å². The van der Waals surface area contributed by atoms with Crippen LogP contribution < -0.4 is 4.90 Å². The number of rotatable bonds is 10. The van der Waals surface area contributed by atoms with E-state index in [-0.39, 0.29) is 6.42 Å². The molecule has 0 fully saturated rings. The van der Waals surface area contributed by atoms with E-state index in [9.17, 15) is 4.79 Å². The molecule has 2 aromatic rings. The van der Waals surface area contributed by atoms with Crippen molar-refractivity contribution in [2.24, 2.45) is 7.05 Å². The molecule has 0 spiro atoms. The molecule has 0 aliphatic rings. The van der Waals surface area contributed by atoms with Gasteiger partial charge in [0.2, 0.25) is 0 Å². The standard InChI is InChI=1S/C17H24ClN3O3/c1-20-15-7-6-13(21(9-8-18)10-11-24-2)12-14(15)19-16(20)4-3-5-17(22)23/h6-7,12H,3-5,8-11H2,1-2H3,(H,22,23). The van der Waals surface area contributed by atoms with Gasteiger partial charge >= 0.3 is 5.97 Å². The van der Waals surface area contributed by atoms with Gasteiger partial charge in [-0.1, -0.05) is 0 Å². The van der Waals surface area contributed by atoms with Crippen LogP contribution in [0.1, 0.15) is 18.7 Å². The third-order valence-electron chi connectivity index (χ3n) is 4.03. The van der Waals surface area contributed by atoms with Crippen molar-refractivity contribution in [3.8, 4) is 0 Å². The van der Waals surface area contributed by atoms with Gasteiger partial charge in [-0.3, -0.25) is 4.79 Å². The fraction of sp³-hybridized carbons (Fsp3) is 0.529. The Bertz CT molecular complexity index is 687. The first kappa shape index (κ1) is 18.5. The van der Waals surface area contributed by atoms with Crippen molar-refractivity contribution >= 4 is 34.3 Å². The molecule has 132 valence electrons. The fourth-order valence-corrected chi connectivity index (χ4v) is 2.93. The summed E-state index contributed by atoms with van der Waals surface area (Å²) in [5.74, 6) is 0.680. The summed E-state index contributed by atoms with van der Waals surface area (Å²) in [6.07, 6.45) is 1.41. The van der Waals surface area contributed by atoms with Crippen LogP contribution in [0.15, 0.2) is 18.2 Å². The summed E-state index contributed by atoms with van der Waals surface area (Å²) in [7, 11) is 3.65. The number of nitrogens with zero attached hydrogens (tertiary/aromatic N) is 3. The average Bonchev–Trinajstić information content (AvgIpc) is 2.87. The monoisotopic (exact) mass is 353 g/mol. The van der Waals surface area contributed by atoms with Crippen LogP contribution in [0.5, 0.6) is 0 Å². The van der Waals surface area contributed by atoms with Crippen molar-refractivity contribution in [1.29, 1.82) is 0 Å². The Labute approximate surface area is 147 Å². The van der Waals surface area contributed by atoms with Crippen molar-refractivity contribution in [3.63, 3.8) is 0 Å². The normalized spacial score (nSPS) is 11.1. The number of halogens is 1. The summed E-state index contributed by atoms with van der Waals surface area (Å²) in [5, 5.41) is 8.77. The van der Waals surface area contributed by atoms with Crippen LogP contribution in [-0.4, -0.2) is 53.3 Å². The number of imidazole rings is 1. The Hall–Kier alpha value is -1.79. The molecule has 1 heterocycles. The highest BCUT2D eigenvalue weighted by Crippen LogP contribution is 2.23. The number of hydrogen-bond donors (Lipinski definition) is 1. The number of aliphatic carboxylic acids is 1. The van der Waals surface area contributed by atoms with Crippen molar-refractivity contribution < 1.29 is 14.6 Å². The number of carbonyl (C=O) groups is 1. The van der Waals surface area contributed by atoms with Gasteiger partial charge in [-0.05, 0) is 24.6 Å². The van der Waals surface area contributed by atoms with Gasteiger partial charge in [0.25, 0.3) is 0 Å². The van der Waals surface area contributed by atoms with E-state index >= 15 is 0 Å². The lowest BCUT2D eigenvalue weighted by atomic mass is 10.2. The maximum atomic E-state index is 10.7. The first-order valence-electron chi connectivity index (χ1n) is 8.03. The molecule has 0 atom stereocenters. The molecule has 1 aromatic carbocycles. The zero-order valence-corrected chi connectivity index (χ0v) is 14.9. The van der Waals surface area contributed by atoms with Crippen LogP contribution in [0.4, 0.5) is 5.69 Å². The number of carboxylic acids is 1. The summed E-state index contributed by atoms with van der Waals surface area (Å²) < 4.78 is 7.19. The molecule has 2 rings (SSSR count). The molecule has 1 N–H and O–H groups in total. The minimum absolute atomic E-state index is 0.162. The number of aryl methyl sites for hydroxylation is 2. The molecule has 24 heavy (non-hydrogen) atoms. The van der Waals surface area contributed by atoms with Gasteiger partial charge in [-0.25, -0.2) is 4.98 Å². The van der Waals surface area contributed by atoms with E-state index in [1.807, 2.05) is 17.7 Å². The Morgan fingerprint density at radius 1 is 1.42 bits per heavy atom. The molecular weight excluding hydrogens is 330 g/mol. The smallest absolute Gasteiger partial charge is 0.303 e. The summed E-state index contributed by atoms with van der Waals surface area (Å²) in [4.78, 5) is 17.5. The second-order valence-electron chi connectivity index (χ2n) is 5.68. The summed E-state index contributed by atoms with van der Waals surface area (Å²) >= 11 is 5.91. The number of ether oxygens (including phenoxy) is 1. The molecule has 0 amide bonds. The van der Waals surface area contributed by atoms with Gasteiger partial charge in [-0.15, -0.1) is 11.6 Å². The predicted octanol–water partition coefficient (Wildman–Crippen LogP) is 2.67. The van der Waals surface area contributed by atoms with Crippen LogP contribution in [0.3, 0.4) is 0 Å².